The monoisotopic (exact) mass is 377 g/mol. The SMILES string of the molecule is C#CC(C)(O)c1c[nH]c(=O)c2cc3ccnc(OCC4CCC(=O)N4)c3cc12. The maximum Gasteiger partial charge on any atom is 0.255 e. The van der Waals surface area contributed by atoms with Crippen LogP contribution in [0.15, 0.2) is 35.4 Å². The third-order valence-corrected chi connectivity index (χ3v) is 5.06. The van der Waals surface area contributed by atoms with Crippen molar-refractivity contribution in [2.75, 3.05) is 6.61 Å². The van der Waals surface area contributed by atoms with Crippen LogP contribution in [0.3, 0.4) is 0 Å². The van der Waals surface area contributed by atoms with Crippen molar-refractivity contribution in [2.45, 2.75) is 31.4 Å². The molecule has 0 saturated carbocycles. The van der Waals surface area contributed by atoms with E-state index in [1.165, 1.54) is 13.1 Å². The molecule has 3 heterocycles. The van der Waals surface area contributed by atoms with Crippen molar-refractivity contribution in [1.29, 1.82) is 0 Å². The van der Waals surface area contributed by atoms with Crippen molar-refractivity contribution in [3.63, 3.8) is 0 Å². The van der Waals surface area contributed by atoms with Crippen molar-refractivity contribution >= 4 is 27.5 Å². The van der Waals surface area contributed by atoms with Gasteiger partial charge in [0.05, 0.1) is 6.04 Å². The molecule has 142 valence electrons. The van der Waals surface area contributed by atoms with Crippen LogP contribution >= 0.6 is 0 Å². The average molecular weight is 377 g/mol. The number of rotatable bonds is 4. The normalized spacial score (nSPS) is 18.6. The van der Waals surface area contributed by atoms with E-state index in [1.54, 1.807) is 24.4 Å². The van der Waals surface area contributed by atoms with Gasteiger partial charge in [-0.3, -0.25) is 9.59 Å². The van der Waals surface area contributed by atoms with Crippen LogP contribution in [0.4, 0.5) is 0 Å². The number of carbonyl (C=O) groups is 1. The fourth-order valence-corrected chi connectivity index (χ4v) is 3.48. The van der Waals surface area contributed by atoms with Crippen LogP contribution in [0.25, 0.3) is 21.5 Å². The smallest absolute Gasteiger partial charge is 0.255 e. The number of hydrogen-bond donors (Lipinski definition) is 3. The number of carbonyl (C=O) groups excluding carboxylic acids is 1. The number of benzene rings is 1. The van der Waals surface area contributed by atoms with E-state index in [1.807, 2.05) is 0 Å². The second-order valence-electron chi connectivity index (χ2n) is 7.10. The van der Waals surface area contributed by atoms with Gasteiger partial charge in [0.1, 0.15) is 12.2 Å². The van der Waals surface area contributed by atoms with Gasteiger partial charge in [-0.25, -0.2) is 4.98 Å². The maximum atomic E-state index is 12.3. The molecule has 28 heavy (non-hydrogen) atoms. The Morgan fingerprint density at radius 1 is 1.36 bits per heavy atom. The first-order valence-electron chi connectivity index (χ1n) is 8.96. The van der Waals surface area contributed by atoms with Crippen LogP contribution in [0, 0.1) is 12.3 Å². The largest absolute Gasteiger partial charge is 0.475 e. The van der Waals surface area contributed by atoms with Gasteiger partial charge in [-0.05, 0) is 42.3 Å². The Labute approximate surface area is 160 Å². The Morgan fingerprint density at radius 2 is 2.18 bits per heavy atom. The summed E-state index contributed by atoms with van der Waals surface area (Å²) < 4.78 is 5.87. The van der Waals surface area contributed by atoms with Crippen LogP contribution in [0.5, 0.6) is 5.88 Å². The van der Waals surface area contributed by atoms with Gasteiger partial charge < -0.3 is 20.1 Å². The summed E-state index contributed by atoms with van der Waals surface area (Å²) in [6, 6.07) is 5.22. The van der Waals surface area contributed by atoms with Gasteiger partial charge in [-0.2, -0.15) is 0 Å². The summed E-state index contributed by atoms with van der Waals surface area (Å²) in [5.41, 5.74) is -1.40. The molecule has 1 aliphatic heterocycles. The number of aliphatic hydroxyl groups is 1. The fourth-order valence-electron chi connectivity index (χ4n) is 3.48. The molecule has 2 aromatic heterocycles. The first kappa shape index (κ1) is 18.0. The second kappa shape index (κ2) is 6.66. The molecule has 7 nitrogen and oxygen atoms in total. The van der Waals surface area contributed by atoms with E-state index in [4.69, 9.17) is 11.2 Å². The minimum absolute atomic E-state index is 0.0193. The highest BCUT2D eigenvalue weighted by Crippen LogP contribution is 2.32. The predicted octanol–water partition coefficient (Wildman–Crippen LogP) is 1.57. The van der Waals surface area contributed by atoms with Crippen molar-refractivity contribution in [3.8, 4) is 18.2 Å². The summed E-state index contributed by atoms with van der Waals surface area (Å²) in [6.07, 6.45) is 9.72. The average Bonchev–Trinajstić information content (AvgIpc) is 3.10. The number of fused-ring (bicyclic) bond motifs is 2. The molecule has 0 radical (unpaired) electrons. The Hall–Kier alpha value is -3.37. The number of hydrogen-bond acceptors (Lipinski definition) is 5. The third-order valence-electron chi connectivity index (χ3n) is 5.06. The van der Waals surface area contributed by atoms with Gasteiger partial charge in [-0.15, -0.1) is 6.42 Å². The molecule has 1 saturated heterocycles. The number of aromatic nitrogens is 2. The summed E-state index contributed by atoms with van der Waals surface area (Å²) >= 11 is 0. The van der Waals surface area contributed by atoms with Crippen LogP contribution in [0.1, 0.15) is 25.3 Å². The summed E-state index contributed by atoms with van der Waals surface area (Å²) in [7, 11) is 0. The Balaban J connectivity index is 1.83. The molecule has 0 aliphatic carbocycles. The van der Waals surface area contributed by atoms with Crippen LogP contribution in [-0.4, -0.2) is 33.6 Å². The number of amides is 1. The zero-order chi connectivity index (χ0) is 19.9. The molecule has 1 aliphatic rings. The van der Waals surface area contributed by atoms with E-state index in [9.17, 15) is 14.7 Å². The van der Waals surface area contributed by atoms with Crippen LogP contribution in [0.2, 0.25) is 0 Å². The van der Waals surface area contributed by atoms with Gasteiger partial charge >= 0.3 is 0 Å². The molecule has 0 spiro atoms. The first-order chi connectivity index (χ1) is 13.4. The highest BCUT2D eigenvalue weighted by atomic mass is 16.5. The van der Waals surface area contributed by atoms with E-state index in [0.29, 0.717) is 40.6 Å². The zero-order valence-electron chi connectivity index (χ0n) is 15.3. The molecule has 3 aromatic rings. The van der Waals surface area contributed by atoms with Crippen molar-refractivity contribution in [3.05, 3.63) is 46.5 Å². The Kier molecular flexibility index (Phi) is 4.28. The Bertz CT molecular complexity index is 1190. The lowest BCUT2D eigenvalue weighted by atomic mass is 9.92. The van der Waals surface area contributed by atoms with E-state index in [2.05, 4.69) is 21.2 Å². The summed E-state index contributed by atoms with van der Waals surface area (Å²) in [5, 5.41) is 15.8. The van der Waals surface area contributed by atoms with Gasteiger partial charge in [0.15, 0.2) is 0 Å². The van der Waals surface area contributed by atoms with E-state index >= 15 is 0 Å². The molecule has 2 unspecified atom stereocenters. The van der Waals surface area contributed by atoms with Gasteiger partial charge in [0.2, 0.25) is 11.8 Å². The number of nitrogens with one attached hydrogen (secondary N) is 2. The number of nitrogens with zero attached hydrogens (tertiary/aromatic N) is 1. The summed E-state index contributed by atoms with van der Waals surface area (Å²) in [4.78, 5) is 30.6. The number of H-pyrrole nitrogens is 1. The van der Waals surface area contributed by atoms with Crippen LogP contribution < -0.4 is 15.6 Å². The van der Waals surface area contributed by atoms with Gasteiger partial charge in [-0.1, -0.05) is 5.92 Å². The molecule has 1 amide bonds. The van der Waals surface area contributed by atoms with Gasteiger partial charge in [0, 0.05) is 35.2 Å². The minimum atomic E-state index is -1.55. The second-order valence-corrected chi connectivity index (χ2v) is 7.10. The van der Waals surface area contributed by atoms with E-state index in [0.717, 1.165) is 11.8 Å². The number of pyridine rings is 2. The van der Waals surface area contributed by atoms with E-state index in [-0.39, 0.29) is 17.5 Å². The molecule has 4 rings (SSSR count). The van der Waals surface area contributed by atoms with Crippen LogP contribution in [-0.2, 0) is 10.4 Å². The summed E-state index contributed by atoms with van der Waals surface area (Å²) in [6.45, 7) is 1.80. The number of ether oxygens (including phenoxy) is 1. The topological polar surface area (TPSA) is 104 Å². The highest BCUT2D eigenvalue weighted by molar-refractivity contribution is 6.01. The predicted molar refractivity (Wildman–Crippen MR) is 105 cm³/mol. The zero-order valence-corrected chi connectivity index (χ0v) is 15.3. The van der Waals surface area contributed by atoms with Gasteiger partial charge in [0.25, 0.3) is 5.56 Å². The lowest BCUT2D eigenvalue weighted by Crippen LogP contribution is -2.31. The molecule has 1 fully saturated rings. The molecule has 1 aromatic carbocycles. The summed E-state index contributed by atoms with van der Waals surface area (Å²) in [5.74, 6) is 2.76. The number of terminal acetylenes is 1. The van der Waals surface area contributed by atoms with Crippen molar-refractivity contribution in [2.24, 2.45) is 0 Å². The van der Waals surface area contributed by atoms with Crippen molar-refractivity contribution < 1.29 is 14.6 Å². The standard InChI is InChI=1S/C21H19N3O4/c1-3-21(2,27)17-10-23-19(26)16-8-12-6-7-22-20(14(12)9-15(16)17)28-11-13-4-5-18(25)24-13/h1,6-10,13,27H,4-5,11H2,2H3,(H,23,26)(H,24,25). The molecule has 2 atom stereocenters. The molecule has 0 bridgehead atoms. The Morgan fingerprint density at radius 3 is 2.89 bits per heavy atom. The maximum absolute atomic E-state index is 12.3. The minimum Gasteiger partial charge on any atom is -0.475 e. The fraction of sp³-hybridized carbons (Fsp3) is 0.286. The lowest BCUT2D eigenvalue weighted by molar-refractivity contribution is -0.119. The van der Waals surface area contributed by atoms with E-state index < -0.39 is 5.60 Å². The lowest BCUT2D eigenvalue weighted by Gasteiger charge is -2.19. The first-order valence-corrected chi connectivity index (χ1v) is 8.96. The van der Waals surface area contributed by atoms with Crippen molar-refractivity contribution in [1.82, 2.24) is 15.3 Å². The molecular formula is C21H19N3O4. The number of aromatic amines is 1. The molecule has 3 N–H and O–H groups in total. The molecular weight excluding hydrogens is 358 g/mol. The highest BCUT2D eigenvalue weighted by Gasteiger charge is 2.25. The quantitative estimate of drug-likeness (QED) is 0.473. The molecule has 7 heteroatoms. The third kappa shape index (κ3) is 3.08.